The van der Waals surface area contributed by atoms with Crippen molar-refractivity contribution in [2.45, 2.75) is 38.3 Å². The van der Waals surface area contributed by atoms with Gasteiger partial charge in [0.1, 0.15) is 12.4 Å². The van der Waals surface area contributed by atoms with Crippen LogP contribution in [-0.4, -0.2) is 31.1 Å². The first kappa shape index (κ1) is 17.6. The van der Waals surface area contributed by atoms with E-state index in [9.17, 15) is 0 Å². The van der Waals surface area contributed by atoms with Gasteiger partial charge in [0.05, 0.1) is 0 Å². The summed E-state index contributed by atoms with van der Waals surface area (Å²) < 4.78 is 6.10. The van der Waals surface area contributed by atoms with Crippen LogP contribution in [0.4, 0.5) is 0 Å². The van der Waals surface area contributed by atoms with Gasteiger partial charge < -0.3 is 10.1 Å². The van der Waals surface area contributed by atoms with E-state index in [-0.39, 0.29) is 0 Å². The zero-order chi connectivity index (χ0) is 17.6. The summed E-state index contributed by atoms with van der Waals surface area (Å²) in [6.45, 7) is 5.14. The Morgan fingerprint density at radius 3 is 2.50 bits per heavy atom. The monoisotopic (exact) mass is 350 g/mol. The van der Waals surface area contributed by atoms with Crippen molar-refractivity contribution in [2.75, 3.05) is 26.2 Å². The van der Waals surface area contributed by atoms with E-state index in [1.54, 1.807) is 0 Å². The fourth-order valence-electron chi connectivity index (χ4n) is 4.54. The zero-order valence-corrected chi connectivity index (χ0v) is 15.6. The molecule has 1 saturated heterocycles. The van der Waals surface area contributed by atoms with E-state index in [1.807, 2.05) is 6.07 Å². The van der Waals surface area contributed by atoms with Crippen molar-refractivity contribution >= 4 is 0 Å². The topological polar surface area (TPSA) is 24.5 Å². The van der Waals surface area contributed by atoms with E-state index in [4.69, 9.17) is 4.74 Å². The summed E-state index contributed by atoms with van der Waals surface area (Å²) in [6, 6.07) is 19.8. The first-order chi connectivity index (χ1) is 12.9. The maximum Gasteiger partial charge on any atom is 0.120 e. The van der Waals surface area contributed by atoms with E-state index < -0.39 is 0 Å². The molecule has 26 heavy (non-hydrogen) atoms. The first-order valence-electron chi connectivity index (χ1n) is 10.1. The van der Waals surface area contributed by atoms with Gasteiger partial charge in [-0.05, 0) is 42.0 Å². The second-order valence-corrected chi connectivity index (χ2v) is 7.62. The number of piperazine rings is 1. The zero-order valence-electron chi connectivity index (χ0n) is 15.6. The number of ether oxygens (including phenoxy) is 1. The molecule has 4 rings (SSSR count). The molecule has 1 aliphatic heterocycles. The summed E-state index contributed by atoms with van der Waals surface area (Å²) in [5, 5.41) is 3.50. The van der Waals surface area contributed by atoms with Crippen LogP contribution in [0.1, 0.15) is 42.9 Å². The van der Waals surface area contributed by atoms with Gasteiger partial charge in [0, 0.05) is 32.2 Å². The Balaban J connectivity index is 1.51. The van der Waals surface area contributed by atoms with Crippen molar-refractivity contribution in [3.63, 3.8) is 0 Å². The Bertz CT molecular complexity index is 676. The van der Waals surface area contributed by atoms with Crippen LogP contribution in [0.15, 0.2) is 54.6 Å². The first-order valence-corrected chi connectivity index (χ1v) is 10.1. The predicted molar refractivity (Wildman–Crippen MR) is 106 cm³/mol. The average molecular weight is 351 g/mol. The minimum absolute atomic E-state index is 0.542. The lowest BCUT2D eigenvalue weighted by Crippen LogP contribution is -2.46. The quantitative estimate of drug-likeness (QED) is 0.835. The Morgan fingerprint density at radius 2 is 1.73 bits per heavy atom. The third kappa shape index (κ3) is 4.28. The maximum atomic E-state index is 6.10. The minimum Gasteiger partial charge on any atom is -0.489 e. The molecule has 138 valence electrons. The molecule has 2 aromatic carbocycles. The molecular weight excluding hydrogens is 320 g/mol. The van der Waals surface area contributed by atoms with Crippen molar-refractivity contribution in [2.24, 2.45) is 5.92 Å². The number of hydrogen-bond donors (Lipinski definition) is 1. The largest absolute Gasteiger partial charge is 0.489 e. The Morgan fingerprint density at radius 1 is 0.962 bits per heavy atom. The molecule has 1 atom stereocenters. The Hall–Kier alpha value is -1.84. The van der Waals surface area contributed by atoms with Crippen molar-refractivity contribution < 1.29 is 4.74 Å². The highest BCUT2D eigenvalue weighted by Crippen LogP contribution is 2.40. The maximum absolute atomic E-state index is 6.10. The van der Waals surface area contributed by atoms with Gasteiger partial charge >= 0.3 is 0 Å². The molecule has 0 aromatic heterocycles. The molecule has 0 bridgehead atoms. The molecule has 0 unspecified atom stereocenters. The molecule has 1 N–H and O–H groups in total. The van der Waals surface area contributed by atoms with Gasteiger partial charge in [0.15, 0.2) is 0 Å². The number of nitrogens with one attached hydrogen (secondary N) is 1. The van der Waals surface area contributed by atoms with Crippen molar-refractivity contribution in [1.29, 1.82) is 0 Å². The predicted octanol–water partition coefficient (Wildman–Crippen LogP) is 4.40. The summed E-state index contributed by atoms with van der Waals surface area (Å²) in [5.41, 5.74) is 2.65. The molecule has 2 aliphatic rings. The van der Waals surface area contributed by atoms with Crippen LogP contribution in [0.2, 0.25) is 0 Å². The van der Waals surface area contributed by atoms with Gasteiger partial charge in [0.25, 0.3) is 0 Å². The fourth-order valence-corrected chi connectivity index (χ4v) is 4.54. The normalized spacial score (nSPS) is 20.2. The van der Waals surface area contributed by atoms with E-state index >= 15 is 0 Å². The molecule has 1 aliphatic carbocycles. The lowest BCUT2D eigenvalue weighted by molar-refractivity contribution is 0.125. The Labute approximate surface area is 157 Å². The summed E-state index contributed by atoms with van der Waals surface area (Å²) in [4.78, 5) is 2.70. The minimum atomic E-state index is 0.542. The summed E-state index contributed by atoms with van der Waals surface area (Å²) in [7, 11) is 0. The van der Waals surface area contributed by atoms with Gasteiger partial charge in [0.2, 0.25) is 0 Å². The van der Waals surface area contributed by atoms with Crippen LogP contribution in [0.25, 0.3) is 0 Å². The van der Waals surface area contributed by atoms with Crippen LogP contribution < -0.4 is 10.1 Å². The highest BCUT2D eigenvalue weighted by atomic mass is 16.5. The van der Waals surface area contributed by atoms with Gasteiger partial charge in [-0.2, -0.15) is 0 Å². The third-order valence-corrected chi connectivity index (χ3v) is 5.84. The highest BCUT2D eigenvalue weighted by molar-refractivity contribution is 5.32. The molecule has 0 spiro atoms. The third-order valence-electron chi connectivity index (χ3n) is 5.84. The molecular formula is C23H30N2O. The van der Waals surface area contributed by atoms with E-state index in [0.29, 0.717) is 12.6 Å². The van der Waals surface area contributed by atoms with Crippen LogP contribution >= 0.6 is 0 Å². The summed E-state index contributed by atoms with van der Waals surface area (Å²) in [5.74, 6) is 1.78. The van der Waals surface area contributed by atoms with Gasteiger partial charge in [-0.25, -0.2) is 0 Å². The summed E-state index contributed by atoms with van der Waals surface area (Å²) in [6.07, 6.45) is 5.50. The van der Waals surface area contributed by atoms with Crippen LogP contribution in [0.5, 0.6) is 5.75 Å². The van der Waals surface area contributed by atoms with Crippen molar-refractivity contribution in [3.05, 3.63) is 65.7 Å². The van der Waals surface area contributed by atoms with Gasteiger partial charge in [-0.1, -0.05) is 55.3 Å². The second-order valence-electron chi connectivity index (χ2n) is 7.62. The van der Waals surface area contributed by atoms with Crippen LogP contribution in [0, 0.1) is 5.92 Å². The molecule has 1 heterocycles. The average Bonchev–Trinajstić information content (AvgIpc) is 3.23. The highest BCUT2D eigenvalue weighted by Gasteiger charge is 2.31. The van der Waals surface area contributed by atoms with Crippen LogP contribution in [-0.2, 0) is 6.61 Å². The molecule has 3 heteroatoms. The van der Waals surface area contributed by atoms with Crippen LogP contribution in [0.3, 0.4) is 0 Å². The van der Waals surface area contributed by atoms with Crippen molar-refractivity contribution in [1.82, 2.24) is 10.2 Å². The molecule has 0 radical (unpaired) electrons. The molecule has 3 nitrogen and oxygen atoms in total. The second kappa shape index (κ2) is 8.70. The fraction of sp³-hybridized carbons (Fsp3) is 0.478. The van der Waals surface area contributed by atoms with Crippen molar-refractivity contribution in [3.8, 4) is 5.75 Å². The van der Waals surface area contributed by atoms with E-state index in [2.05, 4.69) is 58.7 Å². The molecule has 0 amide bonds. The van der Waals surface area contributed by atoms with E-state index in [0.717, 1.165) is 37.8 Å². The Kier molecular flexibility index (Phi) is 5.88. The molecule has 2 fully saturated rings. The van der Waals surface area contributed by atoms with Gasteiger partial charge in [-0.3, -0.25) is 4.90 Å². The standard InChI is InChI=1S/C23H30N2O/c1-2-7-19(8-3-1)18-26-22-12-6-11-21(17-22)23(20-9-4-5-10-20)25-15-13-24-14-16-25/h1-3,6-8,11-12,17,20,23-24H,4-5,9-10,13-16,18H2/t23-/m1/s1. The molecule has 2 aromatic rings. The SMILES string of the molecule is c1ccc(COc2cccc([C@@H](C3CCCC3)N3CCNCC3)c2)cc1. The smallest absolute Gasteiger partial charge is 0.120 e. The lowest BCUT2D eigenvalue weighted by atomic mass is 9.89. The number of hydrogen-bond acceptors (Lipinski definition) is 3. The molecule has 1 saturated carbocycles. The van der Waals surface area contributed by atoms with Gasteiger partial charge in [-0.15, -0.1) is 0 Å². The number of rotatable bonds is 6. The lowest BCUT2D eigenvalue weighted by Gasteiger charge is -2.38. The number of benzene rings is 2. The summed E-state index contributed by atoms with van der Waals surface area (Å²) >= 11 is 0. The van der Waals surface area contributed by atoms with E-state index in [1.165, 1.54) is 36.8 Å². The number of nitrogens with zero attached hydrogens (tertiary/aromatic N) is 1.